The molecular weight excluding hydrogens is 138 g/mol. The second-order valence-corrected chi connectivity index (χ2v) is 3.88. The van der Waals surface area contributed by atoms with Gasteiger partial charge in [-0.05, 0) is 37.5 Å². The van der Waals surface area contributed by atoms with E-state index in [9.17, 15) is 0 Å². The summed E-state index contributed by atoms with van der Waals surface area (Å²) in [6.45, 7) is 0. The average molecular weight is 153 g/mol. The highest BCUT2D eigenvalue weighted by Gasteiger charge is 2.33. The molecule has 11 heavy (non-hydrogen) atoms. The Hall–Kier alpha value is -0.530. The molecule has 0 aromatic heterocycles. The first-order chi connectivity index (χ1) is 5.40. The molecule has 2 nitrogen and oxygen atoms in total. The highest BCUT2D eigenvalue weighted by atomic mass is 16.4. The molecule has 2 atom stereocenters. The van der Waals surface area contributed by atoms with Crippen molar-refractivity contribution < 1.29 is 5.21 Å². The second kappa shape index (κ2) is 2.84. The van der Waals surface area contributed by atoms with Crippen molar-refractivity contribution in [2.24, 2.45) is 17.0 Å². The fraction of sp³-hybridized carbons (Fsp3) is 0.889. The van der Waals surface area contributed by atoms with Gasteiger partial charge in [-0.2, -0.15) is 0 Å². The van der Waals surface area contributed by atoms with Gasteiger partial charge >= 0.3 is 0 Å². The average Bonchev–Trinajstić information content (AvgIpc) is 2.46. The summed E-state index contributed by atoms with van der Waals surface area (Å²) >= 11 is 0. The predicted molar refractivity (Wildman–Crippen MR) is 43.9 cm³/mol. The molecule has 1 N–H and O–H groups in total. The molecule has 0 aromatic rings. The Balaban J connectivity index is 2.03. The molecule has 2 aliphatic carbocycles. The van der Waals surface area contributed by atoms with Crippen molar-refractivity contribution in [1.29, 1.82) is 0 Å². The minimum atomic E-state index is 0.856. The van der Waals surface area contributed by atoms with Crippen molar-refractivity contribution in [3.63, 3.8) is 0 Å². The van der Waals surface area contributed by atoms with E-state index in [0.717, 1.165) is 30.4 Å². The molecule has 62 valence electrons. The third-order valence-corrected chi connectivity index (χ3v) is 3.20. The summed E-state index contributed by atoms with van der Waals surface area (Å²) in [6.07, 6.45) is 7.65. The normalized spacial score (nSPS) is 36.9. The van der Waals surface area contributed by atoms with Crippen molar-refractivity contribution in [1.82, 2.24) is 0 Å². The minimum Gasteiger partial charge on any atom is -0.411 e. The van der Waals surface area contributed by atoms with Gasteiger partial charge in [0.25, 0.3) is 0 Å². The van der Waals surface area contributed by atoms with Gasteiger partial charge in [-0.15, -0.1) is 0 Å². The van der Waals surface area contributed by atoms with Crippen LogP contribution in [-0.2, 0) is 0 Å². The number of hydrogen-bond acceptors (Lipinski definition) is 2. The first kappa shape index (κ1) is 7.14. The van der Waals surface area contributed by atoms with Crippen molar-refractivity contribution >= 4 is 5.71 Å². The number of fused-ring (bicyclic) bond motifs is 1. The maximum Gasteiger partial charge on any atom is 0.0576 e. The van der Waals surface area contributed by atoms with E-state index < -0.39 is 0 Å². The largest absolute Gasteiger partial charge is 0.411 e. The monoisotopic (exact) mass is 153 g/mol. The zero-order valence-corrected chi connectivity index (χ0v) is 6.79. The maximum atomic E-state index is 8.60. The van der Waals surface area contributed by atoms with Crippen molar-refractivity contribution in [2.45, 2.75) is 38.5 Å². The molecule has 0 radical (unpaired) electrons. The molecule has 2 aliphatic rings. The maximum absolute atomic E-state index is 8.60. The molecule has 0 heterocycles. The van der Waals surface area contributed by atoms with Crippen LogP contribution in [0.2, 0.25) is 0 Å². The predicted octanol–water partition coefficient (Wildman–Crippen LogP) is 2.42. The number of oxime groups is 1. The van der Waals surface area contributed by atoms with Crippen LogP contribution in [0, 0.1) is 11.8 Å². The first-order valence-electron chi connectivity index (χ1n) is 4.60. The molecule has 2 heteroatoms. The summed E-state index contributed by atoms with van der Waals surface area (Å²) in [4.78, 5) is 0. The number of rotatable bonds is 0. The summed E-state index contributed by atoms with van der Waals surface area (Å²) in [7, 11) is 0. The SMILES string of the molecule is ON=C1C[C@H]2CCCC[C@@H]2C1. The summed E-state index contributed by atoms with van der Waals surface area (Å²) in [5.74, 6) is 1.71. The lowest BCUT2D eigenvalue weighted by atomic mass is 9.82. The molecule has 0 unspecified atom stereocenters. The zero-order chi connectivity index (χ0) is 7.68. The van der Waals surface area contributed by atoms with Crippen LogP contribution >= 0.6 is 0 Å². The van der Waals surface area contributed by atoms with E-state index >= 15 is 0 Å². The van der Waals surface area contributed by atoms with Gasteiger partial charge in [0, 0.05) is 0 Å². The van der Waals surface area contributed by atoms with Crippen LogP contribution in [0.3, 0.4) is 0 Å². The molecule has 0 aromatic carbocycles. The summed E-state index contributed by atoms with van der Waals surface area (Å²) in [6, 6.07) is 0. The van der Waals surface area contributed by atoms with Gasteiger partial charge in [0.1, 0.15) is 0 Å². The van der Waals surface area contributed by atoms with Gasteiger partial charge in [-0.1, -0.05) is 18.0 Å². The van der Waals surface area contributed by atoms with Crippen LogP contribution in [0.4, 0.5) is 0 Å². The van der Waals surface area contributed by atoms with Crippen molar-refractivity contribution in [3.05, 3.63) is 0 Å². The quantitative estimate of drug-likeness (QED) is 0.420. The first-order valence-corrected chi connectivity index (χ1v) is 4.60. The second-order valence-electron chi connectivity index (χ2n) is 3.88. The van der Waals surface area contributed by atoms with Crippen LogP contribution in [0.1, 0.15) is 38.5 Å². The Morgan fingerprint density at radius 1 is 1.09 bits per heavy atom. The van der Waals surface area contributed by atoms with Gasteiger partial charge in [0.2, 0.25) is 0 Å². The Morgan fingerprint density at radius 2 is 1.64 bits per heavy atom. The highest BCUT2D eigenvalue weighted by molar-refractivity contribution is 5.86. The van der Waals surface area contributed by atoms with Gasteiger partial charge in [-0.3, -0.25) is 0 Å². The van der Waals surface area contributed by atoms with E-state index in [2.05, 4.69) is 5.16 Å². The lowest BCUT2D eigenvalue weighted by Crippen LogP contribution is -2.12. The minimum absolute atomic E-state index is 0.856. The highest BCUT2D eigenvalue weighted by Crippen LogP contribution is 2.40. The third kappa shape index (κ3) is 1.26. The van der Waals surface area contributed by atoms with E-state index in [4.69, 9.17) is 5.21 Å². The van der Waals surface area contributed by atoms with Crippen LogP contribution in [0.15, 0.2) is 5.16 Å². The van der Waals surface area contributed by atoms with Gasteiger partial charge < -0.3 is 5.21 Å². The van der Waals surface area contributed by atoms with E-state index in [-0.39, 0.29) is 0 Å². The van der Waals surface area contributed by atoms with Crippen molar-refractivity contribution in [3.8, 4) is 0 Å². The van der Waals surface area contributed by atoms with Crippen LogP contribution in [0.25, 0.3) is 0 Å². The topological polar surface area (TPSA) is 32.6 Å². The summed E-state index contributed by atoms with van der Waals surface area (Å²) in [5.41, 5.74) is 1.04. The smallest absolute Gasteiger partial charge is 0.0576 e. The summed E-state index contributed by atoms with van der Waals surface area (Å²) in [5, 5.41) is 11.9. The molecule has 2 rings (SSSR count). The molecule has 2 saturated carbocycles. The Labute approximate surface area is 67.3 Å². The van der Waals surface area contributed by atoms with E-state index in [1.165, 1.54) is 25.7 Å². The fourth-order valence-electron chi connectivity index (χ4n) is 2.59. The Kier molecular flexibility index (Phi) is 1.84. The van der Waals surface area contributed by atoms with E-state index in [1.54, 1.807) is 0 Å². The molecule has 0 bridgehead atoms. The molecule has 0 aliphatic heterocycles. The van der Waals surface area contributed by atoms with Crippen LogP contribution in [-0.4, -0.2) is 10.9 Å². The lowest BCUT2D eigenvalue weighted by molar-refractivity contribution is 0.277. The Bertz CT molecular complexity index is 160. The van der Waals surface area contributed by atoms with Crippen LogP contribution < -0.4 is 0 Å². The standard InChI is InChI=1S/C9H15NO/c11-10-9-5-7-3-1-2-4-8(7)6-9/h7-8,11H,1-6H2/t7-,8-/m1/s1. The Morgan fingerprint density at radius 3 is 2.09 bits per heavy atom. The van der Waals surface area contributed by atoms with Gasteiger partial charge in [-0.25, -0.2) is 0 Å². The molecular formula is C9H15NO. The van der Waals surface area contributed by atoms with Gasteiger partial charge in [0.15, 0.2) is 0 Å². The van der Waals surface area contributed by atoms with Crippen LogP contribution in [0.5, 0.6) is 0 Å². The lowest BCUT2D eigenvalue weighted by Gasteiger charge is -2.23. The molecule has 2 fully saturated rings. The fourth-order valence-corrected chi connectivity index (χ4v) is 2.59. The number of hydrogen-bond donors (Lipinski definition) is 1. The zero-order valence-electron chi connectivity index (χ0n) is 6.79. The van der Waals surface area contributed by atoms with Gasteiger partial charge in [0.05, 0.1) is 5.71 Å². The van der Waals surface area contributed by atoms with E-state index in [1.807, 2.05) is 0 Å². The third-order valence-electron chi connectivity index (χ3n) is 3.20. The van der Waals surface area contributed by atoms with Crippen molar-refractivity contribution in [2.75, 3.05) is 0 Å². The molecule has 0 amide bonds. The number of nitrogens with zero attached hydrogens (tertiary/aromatic N) is 1. The van der Waals surface area contributed by atoms with E-state index in [0.29, 0.717) is 0 Å². The molecule has 0 saturated heterocycles. The molecule has 0 spiro atoms. The summed E-state index contributed by atoms with van der Waals surface area (Å²) < 4.78 is 0.